The van der Waals surface area contributed by atoms with Crippen molar-refractivity contribution in [2.24, 2.45) is 0 Å². The Bertz CT molecular complexity index is 811. The van der Waals surface area contributed by atoms with Crippen molar-refractivity contribution in [3.63, 3.8) is 0 Å². The van der Waals surface area contributed by atoms with Crippen LogP contribution >= 0.6 is 12.2 Å². The summed E-state index contributed by atoms with van der Waals surface area (Å²) in [5, 5.41) is 9.40. The molecule has 94 valence electrons. The predicted molar refractivity (Wildman–Crippen MR) is 78.2 cm³/mol. The zero-order chi connectivity index (χ0) is 12.8. The van der Waals surface area contributed by atoms with Crippen molar-refractivity contribution in [2.45, 2.75) is 18.8 Å². The van der Waals surface area contributed by atoms with Crippen molar-refractivity contribution >= 4 is 23.0 Å². The van der Waals surface area contributed by atoms with Crippen LogP contribution in [0.4, 0.5) is 0 Å². The maximum Gasteiger partial charge on any atom is 0.199 e. The number of aromatic nitrogens is 3. The normalized spacial score (nSPS) is 14.9. The Morgan fingerprint density at radius 3 is 2.58 bits per heavy atom. The largest absolute Gasteiger partial charge is 0.274 e. The summed E-state index contributed by atoms with van der Waals surface area (Å²) in [4.78, 5) is 0. The molecule has 1 heterocycles. The van der Waals surface area contributed by atoms with Crippen LogP contribution in [0.3, 0.4) is 0 Å². The summed E-state index contributed by atoms with van der Waals surface area (Å²) in [6, 6.07) is 12.9. The Labute approximate surface area is 115 Å². The van der Waals surface area contributed by atoms with Crippen LogP contribution in [-0.2, 0) is 0 Å². The van der Waals surface area contributed by atoms with Gasteiger partial charge in [-0.05, 0) is 48.0 Å². The molecule has 0 atom stereocenters. The highest BCUT2D eigenvalue weighted by Crippen LogP contribution is 2.43. The van der Waals surface area contributed by atoms with Crippen molar-refractivity contribution < 1.29 is 0 Å². The molecule has 0 amide bonds. The Morgan fingerprint density at radius 1 is 1.11 bits per heavy atom. The molecule has 0 aliphatic heterocycles. The first-order chi connectivity index (χ1) is 9.34. The Kier molecular flexibility index (Phi) is 2.32. The minimum absolute atomic E-state index is 0.629. The van der Waals surface area contributed by atoms with Crippen LogP contribution in [0.1, 0.15) is 24.3 Å². The number of nitrogens with one attached hydrogen (secondary N) is 1. The van der Waals surface area contributed by atoms with Gasteiger partial charge in [-0.15, -0.1) is 0 Å². The number of hydrogen-bond donors (Lipinski definition) is 1. The number of fused-ring (bicyclic) bond motifs is 1. The van der Waals surface area contributed by atoms with Crippen LogP contribution in [0.15, 0.2) is 42.7 Å². The third-order valence-corrected chi connectivity index (χ3v) is 4.05. The van der Waals surface area contributed by atoms with Gasteiger partial charge >= 0.3 is 0 Å². The smallest absolute Gasteiger partial charge is 0.199 e. The topological polar surface area (TPSA) is 33.6 Å². The first-order valence-corrected chi connectivity index (χ1v) is 6.89. The first-order valence-electron chi connectivity index (χ1n) is 6.48. The highest BCUT2D eigenvalue weighted by atomic mass is 32.1. The molecule has 4 rings (SSSR count). The van der Waals surface area contributed by atoms with E-state index in [4.69, 9.17) is 12.2 Å². The molecule has 0 unspecified atom stereocenters. The summed E-state index contributed by atoms with van der Waals surface area (Å²) in [5.41, 5.74) is 2.56. The number of rotatable bonds is 2. The van der Waals surface area contributed by atoms with E-state index in [1.54, 1.807) is 6.33 Å². The Hall–Kier alpha value is -1.94. The van der Waals surface area contributed by atoms with E-state index < -0.39 is 0 Å². The second-order valence-corrected chi connectivity index (χ2v) is 5.41. The molecule has 0 radical (unpaired) electrons. The molecule has 3 nitrogen and oxygen atoms in total. The fourth-order valence-corrected chi connectivity index (χ4v) is 2.88. The van der Waals surface area contributed by atoms with Gasteiger partial charge in [0.15, 0.2) is 4.77 Å². The van der Waals surface area contributed by atoms with Gasteiger partial charge in [0.05, 0.1) is 5.69 Å². The third kappa shape index (κ3) is 1.71. The summed E-state index contributed by atoms with van der Waals surface area (Å²) in [6.45, 7) is 0. The second-order valence-electron chi connectivity index (χ2n) is 5.03. The van der Waals surface area contributed by atoms with Crippen molar-refractivity contribution in [3.05, 3.63) is 53.1 Å². The van der Waals surface area contributed by atoms with Gasteiger partial charge in [-0.3, -0.25) is 9.67 Å². The lowest BCUT2D eigenvalue weighted by Gasteiger charge is -2.11. The van der Waals surface area contributed by atoms with Crippen LogP contribution in [0.5, 0.6) is 0 Å². The molecule has 1 aliphatic rings. The van der Waals surface area contributed by atoms with E-state index in [0.717, 1.165) is 11.6 Å². The number of aromatic amines is 1. The summed E-state index contributed by atoms with van der Waals surface area (Å²) in [7, 11) is 0. The zero-order valence-corrected chi connectivity index (χ0v) is 11.2. The van der Waals surface area contributed by atoms with Gasteiger partial charge in [0, 0.05) is 5.39 Å². The van der Waals surface area contributed by atoms with E-state index in [9.17, 15) is 0 Å². The molecular weight excluding hydrogens is 254 g/mol. The van der Waals surface area contributed by atoms with E-state index in [-0.39, 0.29) is 0 Å². The van der Waals surface area contributed by atoms with E-state index in [1.807, 2.05) is 4.57 Å². The molecule has 1 N–H and O–H groups in total. The van der Waals surface area contributed by atoms with E-state index in [2.05, 4.69) is 46.6 Å². The summed E-state index contributed by atoms with van der Waals surface area (Å²) in [6.07, 6.45) is 4.36. The van der Waals surface area contributed by atoms with Gasteiger partial charge in [-0.2, -0.15) is 5.10 Å². The molecule has 4 heteroatoms. The lowest BCUT2D eigenvalue weighted by Crippen LogP contribution is -1.95. The minimum Gasteiger partial charge on any atom is -0.274 e. The highest BCUT2D eigenvalue weighted by Gasteiger charge is 2.25. The molecule has 2 aromatic carbocycles. The lowest BCUT2D eigenvalue weighted by atomic mass is 9.99. The summed E-state index contributed by atoms with van der Waals surface area (Å²) < 4.78 is 2.55. The lowest BCUT2D eigenvalue weighted by molar-refractivity contribution is 1.04. The molecule has 1 aliphatic carbocycles. The van der Waals surface area contributed by atoms with Crippen molar-refractivity contribution in [1.29, 1.82) is 0 Å². The maximum atomic E-state index is 5.27. The summed E-state index contributed by atoms with van der Waals surface area (Å²) in [5.74, 6) is 0.747. The Morgan fingerprint density at radius 2 is 1.89 bits per heavy atom. The van der Waals surface area contributed by atoms with E-state index in [0.29, 0.717) is 4.77 Å². The standard InChI is InChI=1S/C15H13N3S/c19-15-17-16-9-18(15)14-8-7-11(10-5-6-10)12-3-1-2-4-13(12)14/h1-4,7-10H,5-6H2,(H,17,19). The average Bonchev–Trinajstić information content (AvgIpc) is 3.20. The predicted octanol–water partition coefficient (Wildman–Crippen LogP) is 3.96. The van der Waals surface area contributed by atoms with Crippen LogP contribution in [0.25, 0.3) is 16.5 Å². The molecule has 0 saturated heterocycles. The van der Waals surface area contributed by atoms with Gasteiger partial charge in [0.1, 0.15) is 6.33 Å². The molecule has 3 aromatic rings. The van der Waals surface area contributed by atoms with E-state index >= 15 is 0 Å². The molecule has 1 saturated carbocycles. The van der Waals surface area contributed by atoms with Gasteiger partial charge in [-0.1, -0.05) is 30.3 Å². The second kappa shape index (κ2) is 4.03. The number of hydrogen-bond acceptors (Lipinski definition) is 2. The van der Waals surface area contributed by atoms with E-state index in [1.165, 1.54) is 29.2 Å². The molecule has 0 bridgehead atoms. The van der Waals surface area contributed by atoms with Gasteiger partial charge < -0.3 is 0 Å². The Balaban J connectivity index is 2.05. The van der Waals surface area contributed by atoms with Crippen LogP contribution in [0.2, 0.25) is 0 Å². The number of nitrogens with zero attached hydrogens (tertiary/aromatic N) is 2. The first kappa shape index (κ1) is 10.9. The maximum absolute atomic E-state index is 5.27. The fourth-order valence-electron chi connectivity index (χ4n) is 2.69. The molecule has 0 spiro atoms. The molecule has 1 fully saturated rings. The number of benzene rings is 2. The van der Waals surface area contributed by atoms with Crippen molar-refractivity contribution in [2.75, 3.05) is 0 Å². The average molecular weight is 267 g/mol. The monoisotopic (exact) mass is 267 g/mol. The molecular formula is C15H13N3S. The van der Waals surface area contributed by atoms with Gasteiger partial charge in [0.25, 0.3) is 0 Å². The number of H-pyrrole nitrogens is 1. The van der Waals surface area contributed by atoms with Gasteiger partial charge in [0.2, 0.25) is 0 Å². The quantitative estimate of drug-likeness (QED) is 0.713. The minimum atomic E-state index is 0.629. The summed E-state index contributed by atoms with van der Waals surface area (Å²) >= 11 is 5.27. The highest BCUT2D eigenvalue weighted by molar-refractivity contribution is 7.71. The van der Waals surface area contributed by atoms with Crippen molar-refractivity contribution in [1.82, 2.24) is 14.8 Å². The van der Waals surface area contributed by atoms with Gasteiger partial charge in [-0.25, -0.2) is 0 Å². The molecule has 19 heavy (non-hydrogen) atoms. The van der Waals surface area contributed by atoms with Crippen LogP contribution in [-0.4, -0.2) is 14.8 Å². The van der Waals surface area contributed by atoms with Crippen LogP contribution in [0, 0.1) is 4.77 Å². The van der Waals surface area contributed by atoms with Crippen molar-refractivity contribution in [3.8, 4) is 5.69 Å². The molecule has 1 aromatic heterocycles. The third-order valence-electron chi connectivity index (χ3n) is 3.76. The fraction of sp³-hybridized carbons (Fsp3) is 0.200. The zero-order valence-electron chi connectivity index (χ0n) is 10.3. The SMILES string of the molecule is S=c1[nH]ncn1-c1ccc(C2CC2)c2ccccc12. The van der Waals surface area contributed by atoms with Crippen LogP contribution < -0.4 is 0 Å².